The van der Waals surface area contributed by atoms with Crippen molar-refractivity contribution < 1.29 is 9.59 Å². The highest BCUT2D eigenvalue weighted by Crippen LogP contribution is 2.27. The molecule has 0 saturated carbocycles. The van der Waals surface area contributed by atoms with E-state index in [1.165, 1.54) is 30.0 Å². The molecule has 0 fully saturated rings. The number of rotatable bonds is 6. The Bertz CT molecular complexity index is 1180. The molecule has 2 aromatic heterocycles. The number of aromatic amines is 1. The van der Waals surface area contributed by atoms with Gasteiger partial charge in [0.15, 0.2) is 0 Å². The summed E-state index contributed by atoms with van der Waals surface area (Å²) >= 11 is 2.90. The molecule has 3 aromatic rings. The van der Waals surface area contributed by atoms with E-state index in [-0.39, 0.29) is 22.6 Å². The minimum Gasteiger partial charge on any atom is -0.326 e. The van der Waals surface area contributed by atoms with Crippen LogP contribution < -0.4 is 16.2 Å². The molecule has 30 heavy (non-hydrogen) atoms. The van der Waals surface area contributed by atoms with Gasteiger partial charge in [0, 0.05) is 23.2 Å². The summed E-state index contributed by atoms with van der Waals surface area (Å²) in [6.07, 6.45) is 0. The van der Waals surface area contributed by atoms with Gasteiger partial charge in [-0.2, -0.15) is 0 Å². The van der Waals surface area contributed by atoms with Crippen LogP contribution in [0.4, 0.5) is 11.4 Å². The summed E-state index contributed by atoms with van der Waals surface area (Å²) in [6.45, 7) is 9.04. The average Bonchev–Trinajstić information content (AvgIpc) is 2.96. The van der Waals surface area contributed by atoms with Crippen molar-refractivity contribution >= 4 is 56.5 Å². The molecule has 3 N–H and O–H groups in total. The van der Waals surface area contributed by atoms with Crippen molar-refractivity contribution in [3.8, 4) is 0 Å². The number of benzene rings is 1. The van der Waals surface area contributed by atoms with E-state index in [9.17, 15) is 14.4 Å². The van der Waals surface area contributed by atoms with Gasteiger partial charge in [-0.05, 0) is 51.0 Å². The molecule has 1 atom stereocenters. The zero-order valence-electron chi connectivity index (χ0n) is 17.5. The van der Waals surface area contributed by atoms with Crippen LogP contribution in [0.1, 0.15) is 35.7 Å². The maximum absolute atomic E-state index is 12.6. The smallest absolute Gasteiger partial charge is 0.259 e. The number of aromatic nitrogens is 2. The Balaban J connectivity index is 1.67. The molecule has 2 heterocycles. The second-order valence-corrected chi connectivity index (χ2v) is 9.66. The molecule has 0 aliphatic heterocycles. The molecule has 9 heteroatoms. The Labute approximate surface area is 182 Å². The second kappa shape index (κ2) is 9.01. The summed E-state index contributed by atoms with van der Waals surface area (Å²) in [5, 5.41) is 5.91. The lowest BCUT2D eigenvalue weighted by Crippen LogP contribution is -2.23. The van der Waals surface area contributed by atoms with Crippen molar-refractivity contribution in [2.24, 2.45) is 0 Å². The lowest BCUT2D eigenvalue weighted by molar-refractivity contribution is -0.115. The molecule has 3 rings (SSSR count). The Morgan fingerprint density at radius 1 is 1.23 bits per heavy atom. The van der Waals surface area contributed by atoms with Crippen molar-refractivity contribution in [3.05, 3.63) is 50.4 Å². The van der Waals surface area contributed by atoms with Crippen molar-refractivity contribution in [2.45, 2.75) is 45.6 Å². The standard InChI is InChI=1S/C21H24N4O3S2/c1-10-6-7-15(22-14(5)26)8-16(10)23-19(27)13(4)29-9-17-24-20(28)18-11(2)12(3)30-21(18)25-17/h6-8,13H,9H2,1-5H3,(H,22,26)(H,23,27)(H,24,25,28). The van der Waals surface area contributed by atoms with Crippen LogP contribution in [0.15, 0.2) is 23.0 Å². The normalized spacial score (nSPS) is 12.0. The van der Waals surface area contributed by atoms with Crippen LogP contribution in [0.2, 0.25) is 0 Å². The molecule has 1 unspecified atom stereocenters. The number of hydrogen-bond acceptors (Lipinski definition) is 6. The third kappa shape index (κ3) is 4.91. The summed E-state index contributed by atoms with van der Waals surface area (Å²) in [6, 6.07) is 5.37. The largest absolute Gasteiger partial charge is 0.326 e. The molecule has 0 saturated heterocycles. The second-order valence-electron chi connectivity index (χ2n) is 7.13. The average molecular weight is 445 g/mol. The molecule has 0 aliphatic rings. The highest BCUT2D eigenvalue weighted by molar-refractivity contribution is 7.99. The third-order valence-corrected chi connectivity index (χ3v) is 7.00. The van der Waals surface area contributed by atoms with Crippen LogP contribution in [-0.2, 0) is 15.3 Å². The molecular weight excluding hydrogens is 420 g/mol. The van der Waals surface area contributed by atoms with Crippen molar-refractivity contribution in [1.82, 2.24) is 9.97 Å². The van der Waals surface area contributed by atoms with E-state index < -0.39 is 0 Å². The topological polar surface area (TPSA) is 104 Å². The maximum Gasteiger partial charge on any atom is 0.259 e. The molecule has 1 aromatic carbocycles. The van der Waals surface area contributed by atoms with E-state index in [4.69, 9.17) is 0 Å². The Hall–Kier alpha value is -2.65. The summed E-state index contributed by atoms with van der Waals surface area (Å²) < 4.78 is 0. The number of hydrogen-bond donors (Lipinski definition) is 3. The van der Waals surface area contributed by atoms with Gasteiger partial charge in [-0.1, -0.05) is 6.07 Å². The molecule has 0 bridgehead atoms. The van der Waals surface area contributed by atoms with Gasteiger partial charge in [-0.25, -0.2) is 4.98 Å². The van der Waals surface area contributed by atoms with Crippen LogP contribution in [0, 0.1) is 20.8 Å². The summed E-state index contributed by atoms with van der Waals surface area (Å²) in [7, 11) is 0. The SMILES string of the molecule is CC(=O)Nc1ccc(C)c(NC(=O)C(C)SCc2nc3sc(C)c(C)c3c(=O)[nH]2)c1. The van der Waals surface area contributed by atoms with Gasteiger partial charge in [0.1, 0.15) is 10.7 Å². The first kappa shape index (κ1) is 22.0. The summed E-state index contributed by atoms with van der Waals surface area (Å²) in [4.78, 5) is 45.5. The quantitative estimate of drug-likeness (QED) is 0.530. The zero-order valence-corrected chi connectivity index (χ0v) is 19.1. The van der Waals surface area contributed by atoms with E-state index in [2.05, 4.69) is 20.6 Å². The number of aryl methyl sites for hydroxylation is 3. The van der Waals surface area contributed by atoms with Crippen molar-refractivity contribution in [2.75, 3.05) is 10.6 Å². The van der Waals surface area contributed by atoms with Gasteiger partial charge in [0.2, 0.25) is 11.8 Å². The lowest BCUT2D eigenvalue weighted by Gasteiger charge is -2.14. The number of nitrogens with zero attached hydrogens (tertiary/aromatic N) is 1. The fourth-order valence-electron chi connectivity index (χ4n) is 2.92. The van der Waals surface area contributed by atoms with E-state index in [1.54, 1.807) is 12.1 Å². The number of nitrogens with one attached hydrogen (secondary N) is 3. The Morgan fingerprint density at radius 3 is 2.67 bits per heavy atom. The molecule has 0 spiro atoms. The van der Waals surface area contributed by atoms with Gasteiger partial charge in [-0.15, -0.1) is 23.1 Å². The molecule has 7 nitrogen and oxygen atoms in total. The van der Waals surface area contributed by atoms with Gasteiger partial charge < -0.3 is 15.6 Å². The first-order valence-electron chi connectivity index (χ1n) is 9.45. The Kier molecular flexibility index (Phi) is 6.62. The van der Waals surface area contributed by atoms with E-state index in [0.717, 1.165) is 20.8 Å². The minimum atomic E-state index is -0.360. The van der Waals surface area contributed by atoms with E-state index in [0.29, 0.717) is 28.3 Å². The molecule has 158 valence electrons. The third-order valence-electron chi connectivity index (χ3n) is 4.74. The number of fused-ring (bicyclic) bond motifs is 1. The van der Waals surface area contributed by atoms with E-state index >= 15 is 0 Å². The number of H-pyrrole nitrogens is 1. The summed E-state index contributed by atoms with van der Waals surface area (Å²) in [5.74, 6) is 0.645. The van der Waals surface area contributed by atoms with Crippen LogP contribution in [0.5, 0.6) is 0 Å². The van der Waals surface area contributed by atoms with E-state index in [1.807, 2.05) is 33.8 Å². The fourth-order valence-corrected chi connectivity index (χ4v) is 4.72. The number of thiophene rings is 1. The van der Waals surface area contributed by atoms with Crippen LogP contribution >= 0.6 is 23.1 Å². The highest BCUT2D eigenvalue weighted by atomic mass is 32.2. The van der Waals surface area contributed by atoms with Crippen LogP contribution in [0.25, 0.3) is 10.2 Å². The molecule has 0 aliphatic carbocycles. The molecule has 0 radical (unpaired) electrons. The maximum atomic E-state index is 12.6. The molecular formula is C21H24N4O3S2. The number of anilines is 2. The number of amides is 2. The number of thioether (sulfide) groups is 1. The monoisotopic (exact) mass is 444 g/mol. The fraction of sp³-hybridized carbons (Fsp3) is 0.333. The molecule has 2 amide bonds. The van der Waals surface area contributed by atoms with Crippen LogP contribution in [-0.4, -0.2) is 27.0 Å². The minimum absolute atomic E-state index is 0.139. The predicted molar refractivity (Wildman–Crippen MR) is 125 cm³/mol. The van der Waals surface area contributed by atoms with Gasteiger partial charge in [0.25, 0.3) is 5.56 Å². The zero-order chi connectivity index (χ0) is 22.0. The van der Waals surface area contributed by atoms with Crippen LogP contribution in [0.3, 0.4) is 0 Å². The summed E-state index contributed by atoms with van der Waals surface area (Å²) in [5.41, 5.74) is 3.00. The Morgan fingerprint density at radius 2 is 1.97 bits per heavy atom. The predicted octanol–water partition coefficient (Wildman–Crippen LogP) is 4.13. The highest BCUT2D eigenvalue weighted by Gasteiger charge is 2.17. The van der Waals surface area contributed by atoms with Crippen molar-refractivity contribution in [3.63, 3.8) is 0 Å². The lowest BCUT2D eigenvalue weighted by atomic mass is 10.1. The number of carbonyl (C=O) groups is 2. The van der Waals surface area contributed by atoms with Gasteiger partial charge in [0.05, 0.1) is 16.4 Å². The van der Waals surface area contributed by atoms with Crippen molar-refractivity contribution in [1.29, 1.82) is 0 Å². The first-order chi connectivity index (χ1) is 14.2. The number of carbonyl (C=O) groups excluding carboxylic acids is 2. The van der Waals surface area contributed by atoms with Gasteiger partial charge >= 0.3 is 0 Å². The van der Waals surface area contributed by atoms with Gasteiger partial charge in [-0.3, -0.25) is 14.4 Å². The first-order valence-corrected chi connectivity index (χ1v) is 11.3.